The Kier molecular flexibility index (Phi) is 5.60. The summed E-state index contributed by atoms with van der Waals surface area (Å²) in [5.74, 6) is -0.704. The number of rotatable bonds is 4. The van der Waals surface area contributed by atoms with Crippen molar-refractivity contribution in [2.75, 3.05) is 0 Å². The fraction of sp³-hybridized carbons (Fsp3) is 0.200. The van der Waals surface area contributed by atoms with Gasteiger partial charge in [0.05, 0.1) is 17.7 Å². The van der Waals surface area contributed by atoms with Crippen molar-refractivity contribution in [2.45, 2.75) is 25.8 Å². The Morgan fingerprint density at radius 3 is 2.03 bits per heavy atom. The van der Waals surface area contributed by atoms with Crippen molar-refractivity contribution in [3.63, 3.8) is 0 Å². The summed E-state index contributed by atoms with van der Waals surface area (Å²) in [6, 6.07) is 9.49. The van der Waals surface area contributed by atoms with E-state index in [9.17, 15) is 31.1 Å². The number of alkyl halides is 6. The lowest BCUT2D eigenvalue weighted by Crippen LogP contribution is -2.24. The lowest BCUT2D eigenvalue weighted by molar-refractivity contribution is -0.143. The molecule has 0 aliphatic rings. The van der Waals surface area contributed by atoms with Crippen molar-refractivity contribution >= 4 is 5.91 Å². The molecule has 1 heterocycles. The molecule has 0 unspecified atom stereocenters. The summed E-state index contributed by atoms with van der Waals surface area (Å²) in [5.41, 5.74) is -1.89. The maximum Gasteiger partial charge on any atom is 0.416 e. The molecule has 3 rings (SSSR count). The third kappa shape index (κ3) is 5.00. The van der Waals surface area contributed by atoms with Crippen LogP contribution in [0.2, 0.25) is 0 Å². The van der Waals surface area contributed by atoms with Crippen LogP contribution in [0.25, 0.3) is 11.3 Å². The van der Waals surface area contributed by atoms with Crippen LogP contribution in [0, 0.1) is 6.92 Å². The van der Waals surface area contributed by atoms with Crippen LogP contribution in [-0.2, 0) is 18.9 Å². The predicted molar refractivity (Wildman–Crippen MR) is 94.3 cm³/mol. The number of hydrogen-bond acceptors (Lipinski definition) is 3. The topological polar surface area (TPSA) is 55.1 Å². The summed E-state index contributed by atoms with van der Waals surface area (Å²) in [6.07, 6.45) is -10.1. The number of nitrogens with one attached hydrogen (secondary N) is 1. The molecule has 158 valence electrons. The molecule has 4 nitrogen and oxygen atoms in total. The van der Waals surface area contributed by atoms with Crippen LogP contribution < -0.4 is 5.32 Å². The van der Waals surface area contributed by atoms with E-state index in [0.29, 0.717) is 17.9 Å². The van der Waals surface area contributed by atoms with Gasteiger partial charge in [0, 0.05) is 17.2 Å². The highest BCUT2D eigenvalue weighted by Gasteiger charge is 2.37. The maximum atomic E-state index is 12.9. The third-order valence-corrected chi connectivity index (χ3v) is 4.17. The van der Waals surface area contributed by atoms with E-state index in [1.165, 1.54) is 6.07 Å². The molecule has 0 atom stereocenters. The number of aromatic nitrogens is 1. The van der Waals surface area contributed by atoms with Crippen molar-refractivity contribution in [1.82, 2.24) is 10.5 Å². The second-order valence-corrected chi connectivity index (χ2v) is 6.53. The van der Waals surface area contributed by atoms with Crippen LogP contribution in [0.15, 0.2) is 53.1 Å². The number of amides is 1. The fourth-order valence-electron chi connectivity index (χ4n) is 2.61. The molecule has 1 N–H and O–H groups in total. The van der Waals surface area contributed by atoms with Crippen molar-refractivity contribution < 1.29 is 35.7 Å². The highest BCUT2D eigenvalue weighted by atomic mass is 19.4. The lowest BCUT2D eigenvalue weighted by Gasteiger charge is -2.14. The van der Waals surface area contributed by atoms with Gasteiger partial charge in [0.2, 0.25) is 0 Å². The van der Waals surface area contributed by atoms with Gasteiger partial charge >= 0.3 is 12.4 Å². The number of carbonyl (C=O) groups excluding carboxylic acids is 1. The number of carbonyl (C=O) groups is 1. The van der Waals surface area contributed by atoms with E-state index in [1.54, 1.807) is 12.1 Å². The molecular weight excluding hydrogens is 414 g/mol. The molecule has 0 aliphatic carbocycles. The van der Waals surface area contributed by atoms with Crippen LogP contribution >= 0.6 is 0 Å². The van der Waals surface area contributed by atoms with Gasteiger partial charge in [-0.25, -0.2) is 0 Å². The lowest BCUT2D eigenvalue weighted by atomic mass is 10.0. The summed E-state index contributed by atoms with van der Waals surface area (Å²) in [5, 5.41) is 5.99. The van der Waals surface area contributed by atoms with Gasteiger partial charge in [0.25, 0.3) is 5.91 Å². The number of halogens is 6. The average molecular weight is 428 g/mol. The number of benzene rings is 2. The van der Waals surface area contributed by atoms with Crippen LogP contribution in [0.5, 0.6) is 0 Å². The van der Waals surface area contributed by atoms with Gasteiger partial charge < -0.3 is 9.84 Å². The maximum absolute atomic E-state index is 12.9. The molecule has 0 saturated heterocycles. The molecule has 0 fully saturated rings. The van der Waals surface area contributed by atoms with Gasteiger partial charge in [-0.05, 0) is 25.1 Å². The second-order valence-electron chi connectivity index (χ2n) is 6.53. The van der Waals surface area contributed by atoms with E-state index in [-0.39, 0.29) is 18.3 Å². The van der Waals surface area contributed by atoms with Crippen molar-refractivity contribution in [3.05, 3.63) is 76.5 Å². The highest BCUT2D eigenvalue weighted by molar-refractivity contribution is 5.94. The summed E-state index contributed by atoms with van der Waals surface area (Å²) in [6.45, 7) is 1.66. The van der Waals surface area contributed by atoms with Gasteiger partial charge in [-0.1, -0.05) is 35.0 Å². The van der Waals surface area contributed by atoms with E-state index >= 15 is 0 Å². The smallest absolute Gasteiger partial charge is 0.356 e. The zero-order valence-corrected chi connectivity index (χ0v) is 15.4. The number of aryl methyl sites for hydroxylation is 1. The minimum absolute atomic E-state index is 0.0394. The van der Waals surface area contributed by atoms with E-state index in [2.05, 4.69) is 10.5 Å². The molecule has 0 aliphatic heterocycles. The fourth-order valence-corrected chi connectivity index (χ4v) is 2.61. The Balaban J connectivity index is 1.77. The van der Waals surface area contributed by atoms with Crippen molar-refractivity contribution in [3.8, 4) is 11.3 Å². The standard InChI is InChI=1S/C20H14F6N2O2/c1-11-2-4-12(5-3-11)17-9-16(28-30-17)10-27-18(29)13-6-14(19(21,22)23)8-15(7-13)20(24,25)26/h2-9H,10H2,1H3,(H,27,29). The van der Waals surface area contributed by atoms with Crippen LogP contribution in [0.1, 0.15) is 32.7 Å². The average Bonchev–Trinajstić information content (AvgIpc) is 3.14. The predicted octanol–water partition coefficient (Wildman–Crippen LogP) is 5.62. The van der Waals surface area contributed by atoms with Gasteiger partial charge in [-0.15, -0.1) is 0 Å². The second kappa shape index (κ2) is 7.85. The Morgan fingerprint density at radius 2 is 1.50 bits per heavy atom. The quantitative estimate of drug-likeness (QED) is 0.549. The van der Waals surface area contributed by atoms with Crippen LogP contribution in [-0.4, -0.2) is 11.1 Å². The zero-order valence-electron chi connectivity index (χ0n) is 15.4. The number of nitrogens with zero attached hydrogens (tertiary/aromatic N) is 1. The monoisotopic (exact) mass is 428 g/mol. The zero-order chi connectivity index (χ0) is 22.1. The van der Waals surface area contributed by atoms with Gasteiger partial charge in [0.15, 0.2) is 5.76 Å². The minimum Gasteiger partial charge on any atom is -0.356 e. The normalized spacial score (nSPS) is 12.1. The van der Waals surface area contributed by atoms with E-state index in [0.717, 1.165) is 11.1 Å². The molecule has 0 spiro atoms. The molecule has 3 aromatic rings. The van der Waals surface area contributed by atoms with Crippen LogP contribution in [0.4, 0.5) is 26.3 Å². The summed E-state index contributed by atoms with van der Waals surface area (Å²) >= 11 is 0. The Hall–Kier alpha value is -3.30. The van der Waals surface area contributed by atoms with E-state index < -0.39 is 35.0 Å². The minimum atomic E-state index is -5.04. The molecular formula is C20H14F6N2O2. The van der Waals surface area contributed by atoms with Gasteiger partial charge in [-0.3, -0.25) is 4.79 Å². The highest BCUT2D eigenvalue weighted by Crippen LogP contribution is 2.36. The van der Waals surface area contributed by atoms with Gasteiger partial charge in [0.1, 0.15) is 5.69 Å². The molecule has 30 heavy (non-hydrogen) atoms. The van der Waals surface area contributed by atoms with Crippen molar-refractivity contribution in [2.24, 2.45) is 0 Å². The first kappa shape index (κ1) is 21.4. The Morgan fingerprint density at radius 1 is 0.933 bits per heavy atom. The number of hydrogen-bond donors (Lipinski definition) is 1. The van der Waals surface area contributed by atoms with Crippen molar-refractivity contribution in [1.29, 1.82) is 0 Å². The molecule has 10 heteroatoms. The first-order valence-electron chi connectivity index (χ1n) is 8.54. The molecule has 0 bridgehead atoms. The van der Waals surface area contributed by atoms with Crippen LogP contribution in [0.3, 0.4) is 0 Å². The Bertz CT molecular complexity index is 1020. The molecule has 1 amide bonds. The molecule has 0 saturated carbocycles. The molecule has 2 aromatic carbocycles. The summed E-state index contributed by atoms with van der Waals surface area (Å²) in [7, 11) is 0. The first-order valence-corrected chi connectivity index (χ1v) is 8.54. The molecule has 1 aromatic heterocycles. The van der Waals surface area contributed by atoms with E-state index in [4.69, 9.17) is 4.52 Å². The largest absolute Gasteiger partial charge is 0.416 e. The summed E-state index contributed by atoms with van der Waals surface area (Å²) < 4.78 is 82.7. The SMILES string of the molecule is Cc1ccc(-c2cc(CNC(=O)c3cc(C(F)(F)F)cc(C(F)(F)F)c3)no2)cc1. The Labute approximate surface area is 166 Å². The first-order chi connectivity index (χ1) is 13.9. The summed E-state index contributed by atoms with van der Waals surface area (Å²) in [4.78, 5) is 12.2. The third-order valence-electron chi connectivity index (χ3n) is 4.17. The van der Waals surface area contributed by atoms with E-state index in [1.807, 2.05) is 19.1 Å². The molecule has 0 radical (unpaired) electrons. The van der Waals surface area contributed by atoms with Gasteiger partial charge in [-0.2, -0.15) is 26.3 Å².